The van der Waals surface area contributed by atoms with Crippen LogP contribution in [0.4, 0.5) is 5.69 Å². The quantitative estimate of drug-likeness (QED) is 0.357. The lowest BCUT2D eigenvalue weighted by Crippen LogP contribution is -2.51. The van der Waals surface area contributed by atoms with Gasteiger partial charge in [0.05, 0.1) is 10.6 Å². The molecule has 172 valence electrons. The predicted octanol–water partition coefficient (Wildman–Crippen LogP) is 6.34. The zero-order chi connectivity index (χ0) is 23.9. The first-order valence-corrected chi connectivity index (χ1v) is 13.8. The molecule has 6 nitrogen and oxygen atoms in total. The molecular formula is C22H24Cl2NO5PS. The molecule has 3 aromatic carbocycles. The van der Waals surface area contributed by atoms with Crippen molar-refractivity contribution in [3.63, 3.8) is 0 Å². The van der Waals surface area contributed by atoms with E-state index in [0.717, 1.165) is 9.69 Å². The Hall–Kier alpha value is -1.60. The Morgan fingerprint density at radius 1 is 0.969 bits per heavy atom. The summed E-state index contributed by atoms with van der Waals surface area (Å²) in [5.74, 6) is 0. The fourth-order valence-corrected chi connectivity index (χ4v) is 8.44. The minimum absolute atomic E-state index is 0.0976. The molecular weight excluding hydrogens is 492 g/mol. The monoisotopic (exact) mass is 515 g/mol. The molecule has 0 amide bonds. The number of fused-ring (bicyclic) bond motifs is 1. The van der Waals surface area contributed by atoms with Crippen molar-refractivity contribution in [3.05, 3.63) is 70.2 Å². The molecule has 0 aliphatic rings. The highest BCUT2D eigenvalue weighted by molar-refractivity contribution is 7.93. The van der Waals surface area contributed by atoms with Crippen LogP contribution in [0.1, 0.15) is 32.3 Å². The van der Waals surface area contributed by atoms with Gasteiger partial charge in [-0.3, -0.25) is 4.57 Å². The van der Waals surface area contributed by atoms with Crippen LogP contribution in [0.15, 0.2) is 59.5 Å². The fraction of sp³-hybridized carbons (Fsp3) is 0.273. The van der Waals surface area contributed by atoms with Crippen molar-refractivity contribution in [1.82, 2.24) is 0 Å². The lowest BCUT2D eigenvalue weighted by atomic mass is 10.0. The Morgan fingerprint density at radius 2 is 1.53 bits per heavy atom. The minimum Gasteiger partial charge on any atom is -0.323 e. The molecule has 2 N–H and O–H groups in total. The van der Waals surface area contributed by atoms with E-state index in [1.54, 1.807) is 39.0 Å². The van der Waals surface area contributed by atoms with Gasteiger partial charge in [-0.2, -0.15) is 0 Å². The van der Waals surface area contributed by atoms with Crippen LogP contribution in [-0.2, 0) is 14.6 Å². The number of halogens is 2. The highest BCUT2D eigenvalue weighted by atomic mass is 35.5. The Labute approximate surface area is 198 Å². The van der Waals surface area contributed by atoms with Crippen molar-refractivity contribution in [2.75, 3.05) is 4.31 Å². The van der Waals surface area contributed by atoms with E-state index in [2.05, 4.69) is 0 Å². The number of rotatable bonds is 7. The van der Waals surface area contributed by atoms with Gasteiger partial charge in [0, 0.05) is 15.4 Å². The standard InChI is InChI=1S/C22H24Cl2NO5PS/c1-4-22(5-2,31(26,27)28)25(32(29,30)19-13-17(23)12-18(24)14-19)21-15(3)10-11-16-8-6-7-9-20(16)21/h6-14H,4-5H2,1-3H3,(H2,26,27,28). The molecule has 0 unspecified atom stereocenters. The summed E-state index contributed by atoms with van der Waals surface area (Å²) in [4.78, 5) is 20.7. The maximum Gasteiger partial charge on any atom is 0.351 e. The Morgan fingerprint density at radius 3 is 2.06 bits per heavy atom. The van der Waals surface area contributed by atoms with Crippen LogP contribution in [0.25, 0.3) is 10.8 Å². The summed E-state index contributed by atoms with van der Waals surface area (Å²) in [5, 5.41) is -0.524. The largest absolute Gasteiger partial charge is 0.351 e. The first-order valence-electron chi connectivity index (χ1n) is 9.94. The maximum absolute atomic E-state index is 14.1. The molecule has 0 spiro atoms. The molecule has 0 bridgehead atoms. The normalized spacial score (nSPS) is 12.8. The summed E-state index contributed by atoms with van der Waals surface area (Å²) in [6.45, 7) is 4.85. The Balaban J connectivity index is 2.52. The summed E-state index contributed by atoms with van der Waals surface area (Å²) >= 11 is 12.2. The van der Waals surface area contributed by atoms with E-state index in [0.29, 0.717) is 10.9 Å². The zero-order valence-electron chi connectivity index (χ0n) is 17.8. The third kappa shape index (κ3) is 4.18. The van der Waals surface area contributed by atoms with Gasteiger partial charge in [0.2, 0.25) is 0 Å². The van der Waals surface area contributed by atoms with Gasteiger partial charge < -0.3 is 9.79 Å². The van der Waals surface area contributed by atoms with Crippen molar-refractivity contribution in [1.29, 1.82) is 0 Å². The molecule has 0 heterocycles. The van der Waals surface area contributed by atoms with Crippen LogP contribution in [0.2, 0.25) is 10.0 Å². The van der Waals surface area contributed by atoms with Crippen molar-refractivity contribution in [2.45, 2.75) is 43.8 Å². The third-order valence-corrected chi connectivity index (χ3v) is 10.1. The number of benzene rings is 3. The molecule has 0 fully saturated rings. The van der Waals surface area contributed by atoms with Gasteiger partial charge in [0.1, 0.15) is 0 Å². The first kappa shape index (κ1) is 25.0. The van der Waals surface area contributed by atoms with Gasteiger partial charge in [-0.15, -0.1) is 0 Å². The first-order chi connectivity index (χ1) is 14.9. The summed E-state index contributed by atoms with van der Waals surface area (Å²) in [5.41, 5.74) is 0.770. The van der Waals surface area contributed by atoms with Gasteiger partial charge in [0.25, 0.3) is 10.0 Å². The van der Waals surface area contributed by atoms with Gasteiger partial charge >= 0.3 is 7.60 Å². The molecule has 0 radical (unpaired) electrons. The van der Waals surface area contributed by atoms with Gasteiger partial charge in [-0.1, -0.05) is 73.4 Å². The highest BCUT2D eigenvalue weighted by Crippen LogP contribution is 2.59. The molecule has 0 aliphatic heterocycles. The number of sulfonamides is 1. The van der Waals surface area contributed by atoms with Crippen molar-refractivity contribution < 1.29 is 22.8 Å². The number of hydrogen-bond donors (Lipinski definition) is 2. The van der Waals surface area contributed by atoms with Gasteiger partial charge in [0.15, 0.2) is 5.28 Å². The average Bonchev–Trinajstić information content (AvgIpc) is 2.71. The van der Waals surface area contributed by atoms with E-state index in [1.165, 1.54) is 18.2 Å². The lowest BCUT2D eigenvalue weighted by Gasteiger charge is -2.44. The number of anilines is 1. The molecule has 0 aliphatic carbocycles. The molecule has 0 saturated heterocycles. The van der Waals surface area contributed by atoms with Crippen LogP contribution >= 0.6 is 30.8 Å². The van der Waals surface area contributed by atoms with Gasteiger partial charge in [-0.05, 0) is 48.9 Å². The second-order valence-corrected chi connectivity index (χ2v) is 12.1. The zero-order valence-corrected chi connectivity index (χ0v) is 21.0. The Bertz CT molecular complexity index is 1300. The summed E-state index contributed by atoms with van der Waals surface area (Å²) < 4.78 is 42.0. The third-order valence-electron chi connectivity index (χ3n) is 5.73. The Kier molecular flexibility index (Phi) is 7.02. The van der Waals surface area contributed by atoms with E-state index in [1.807, 2.05) is 18.2 Å². The molecule has 3 aromatic rings. The molecule has 10 heteroatoms. The second kappa shape index (κ2) is 8.98. The number of hydrogen-bond acceptors (Lipinski definition) is 3. The summed E-state index contributed by atoms with van der Waals surface area (Å²) in [6, 6.07) is 14.5. The van der Waals surface area contributed by atoms with E-state index in [4.69, 9.17) is 23.2 Å². The maximum atomic E-state index is 14.1. The second-order valence-electron chi connectivity index (χ2n) is 7.56. The lowest BCUT2D eigenvalue weighted by molar-refractivity contribution is 0.317. The highest BCUT2D eigenvalue weighted by Gasteiger charge is 2.54. The summed E-state index contributed by atoms with van der Waals surface area (Å²) in [6.07, 6.45) is -0.242. The van der Waals surface area contributed by atoms with Crippen molar-refractivity contribution in [3.8, 4) is 0 Å². The molecule has 0 atom stereocenters. The molecule has 3 rings (SSSR count). The molecule has 0 saturated carbocycles. The van der Waals surface area contributed by atoms with Crippen LogP contribution in [0.5, 0.6) is 0 Å². The van der Waals surface area contributed by atoms with Crippen LogP contribution in [0, 0.1) is 6.92 Å². The average molecular weight is 516 g/mol. The SMILES string of the molecule is CCC(CC)(N(c1c(C)ccc2ccccc12)S(=O)(=O)c1cc(Cl)cc(Cl)c1)P(=O)(O)O. The van der Waals surface area contributed by atoms with Crippen LogP contribution < -0.4 is 4.31 Å². The summed E-state index contributed by atoms with van der Waals surface area (Å²) in [7, 11) is -9.49. The fourth-order valence-electron chi connectivity index (χ4n) is 4.04. The topological polar surface area (TPSA) is 94.9 Å². The molecule has 32 heavy (non-hydrogen) atoms. The van der Waals surface area contributed by atoms with Crippen molar-refractivity contribution >= 4 is 57.3 Å². The predicted molar refractivity (Wildman–Crippen MR) is 130 cm³/mol. The number of aryl methyl sites for hydroxylation is 1. The number of nitrogens with zero attached hydrogens (tertiary/aromatic N) is 1. The van der Waals surface area contributed by atoms with Crippen LogP contribution in [0.3, 0.4) is 0 Å². The van der Waals surface area contributed by atoms with E-state index < -0.39 is 22.9 Å². The molecule has 0 aromatic heterocycles. The van der Waals surface area contributed by atoms with Gasteiger partial charge in [-0.25, -0.2) is 12.7 Å². The van der Waals surface area contributed by atoms with Crippen LogP contribution in [-0.4, -0.2) is 23.5 Å². The van der Waals surface area contributed by atoms with E-state index in [-0.39, 0.29) is 33.5 Å². The van der Waals surface area contributed by atoms with Crippen molar-refractivity contribution in [2.24, 2.45) is 0 Å². The van der Waals surface area contributed by atoms with E-state index in [9.17, 15) is 22.8 Å². The minimum atomic E-state index is -4.99. The van der Waals surface area contributed by atoms with E-state index >= 15 is 0 Å². The smallest absolute Gasteiger partial charge is 0.323 e.